The second kappa shape index (κ2) is 7.75. The average Bonchev–Trinajstić information content (AvgIpc) is 3.10. The van der Waals surface area contributed by atoms with Crippen LogP contribution in [0.15, 0.2) is 12.4 Å². The van der Waals surface area contributed by atoms with Gasteiger partial charge in [-0.1, -0.05) is 13.8 Å². The molecular weight excluding hydrogens is 336 g/mol. The van der Waals surface area contributed by atoms with E-state index in [1.165, 1.54) is 7.11 Å². The molecule has 1 aromatic rings. The molecule has 1 N–H and O–H groups in total. The number of imidazole rings is 1. The predicted molar refractivity (Wildman–Crippen MR) is 94.3 cm³/mol. The van der Waals surface area contributed by atoms with Crippen molar-refractivity contribution in [3.8, 4) is 0 Å². The molecule has 2 amide bonds. The molecule has 3 rings (SSSR count). The van der Waals surface area contributed by atoms with E-state index >= 15 is 0 Å². The lowest BCUT2D eigenvalue weighted by atomic mass is 9.88. The number of rotatable bonds is 5. The number of fused-ring (bicyclic) bond motifs is 2. The van der Waals surface area contributed by atoms with Crippen LogP contribution in [0.5, 0.6) is 0 Å². The van der Waals surface area contributed by atoms with E-state index in [4.69, 9.17) is 9.47 Å². The highest BCUT2D eigenvalue weighted by molar-refractivity contribution is 5.81. The van der Waals surface area contributed by atoms with E-state index in [1.807, 2.05) is 10.8 Å². The van der Waals surface area contributed by atoms with Gasteiger partial charge in [0, 0.05) is 52.0 Å². The van der Waals surface area contributed by atoms with Crippen LogP contribution in [0.25, 0.3) is 0 Å². The zero-order valence-electron chi connectivity index (χ0n) is 15.7. The second-order valence-electron chi connectivity index (χ2n) is 7.46. The monoisotopic (exact) mass is 364 g/mol. The molecule has 8 heteroatoms. The Balaban J connectivity index is 1.73. The third-order valence-corrected chi connectivity index (χ3v) is 5.02. The zero-order valence-corrected chi connectivity index (χ0v) is 15.7. The van der Waals surface area contributed by atoms with Crippen LogP contribution in [0, 0.1) is 5.92 Å². The molecule has 0 aromatic carbocycles. The Bertz CT molecular complexity index is 649. The molecule has 2 aliphatic heterocycles. The van der Waals surface area contributed by atoms with Gasteiger partial charge in [0.25, 0.3) is 5.91 Å². The number of carbonyl (C=O) groups excluding carboxylic acids is 2. The van der Waals surface area contributed by atoms with Crippen LogP contribution < -0.4 is 5.32 Å². The number of hydrogen-bond donors (Lipinski definition) is 1. The second-order valence-corrected chi connectivity index (χ2v) is 7.46. The van der Waals surface area contributed by atoms with Gasteiger partial charge in [0.15, 0.2) is 6.10 Å². The van der Waals surface area contributed by atoms with Crippen molar-refractivity contribution in [3.63, 3.8) is 0 Å². The summed E-state index contributed by atoms with van der Waals surface area (Å²) in [5.74, 6) is 1.13. The molecule has 0 bridgehead atoms. The number of ether oxygens (including phenoxy) is 2. The summed E-state index contributed by atoms with van der Waals surface area (Å²) >= 11 is 0. The summed E-state index contributed by atoms with van der Waals surface area (Å²) in [5.41, 5.74) is -0.620. The summed E-state index contributed by atoms with van der Waals surface area (Å²) in [7, 11) is 1.52. The molecule has 1 spiro atoms. The summed E-state index contributed by atoms with van der Waals surface area (Å²) < 4.78 is 13.3. The normalized spacial score (nSPS) is 21.7. The van der Waals surface area contributed by atoms with Crippen molar-refractivity contribution in [1.82, 2.24) is 19.8 Å². The van der Waals surface area contributed by atoms with Gasteiger partial charge in [-0.15, -0.1) is 0 Å². The van der Waals surface area contributed by atoms with Gasteiger partial charge in [0.05, 0.1) is 6.54 Å². The first-order valence-electron chi connectivity index (χ1n) is 9.19. The minimum Gasteiger partial charge on any atom is -0.375 e. The van der Waals surface area contributed by atoms with Gasteiger partial charge < -0.3 is 24.3 Å². The topological polar surface area (TPSA) is 85.7 Å². The lowest BCUT2D eigenvalue weighted by Gasteiger charge is -2.45. The molecule has 1 atom stereocenters. The summed E-state index contributed by atoms with van der Waals surface area (Å²) in [6.07, 6.45) is 4.33. The molecular formula is C18H28N4O4. The van der Waals surface area contributed by atoms with Crippen molar-refractivity contribution in [3.05, 3.63) is 18.2 Å². The van der Waals surface area contributed by atoms with Gasteiger partial charge in [0.2, 0.25) is 5.91 Å². The highest BCUT2D eigenvalue weighted by Crippen LogP contribution is 2.40. The van der Waals surface area contributed by atoms with Crippen LogP contribution in [0.3, 0.4) is 0 Å². The smallest absolute Gasteiger partial charge is 0.251 e. The van der Waals surface area contributed by atoms with E-state index in [0.29, 0.717) is 44.9 Å². The molecule has 1 saturated heterocycles. The van der Waals surface area contributed by atoms with E-state index in [0.717, 1.165) is 5.82 Å². The third kappa shape index (κ3) is 3.76. The number of piperidine rings is 1. The number of methoxy groups -OCH3 is 1. The number of nitrogens with zero attached hydrogens (tertiary/aromatic N) is 3. The SMILES string of the molecule is COCC(=O)N1CCC2(CC1)OC(C(=O)NCC(C)C)Cn1ccnc12. The lowest BCUT2D eigenvalue weighted by molar-refractivity contribution is -0.176. The van der Waals surface area contributed by atoms with Crippen molar-refractivity contribution in [2.45, 2.75) is 44.9 Å². The Morgan fingerprint density at radius 1 is 1.42 bits per heavy atom. The fourth-order valence-electron chi connectivity index (χ4n) is 3.63. The van der Waals surface area contributed by atoms with Gasteiger partial charge in [-0.05, 0) is 5.92 Å². The van der Waals surface area contributed by atoms with E-state index in [1.54, 1.807) is 11.1 Å². The molecule has 1 aromatic heterocycles. The van der Waals surface area contributed by atoms with Crippen LogP contribution in [0.4, 0.5) is 0 Å². The fraction of sp³-hybridized carbons (Fsp3) is 0.722. The maximum atomic E-state index is 12.6. The Morgan fingerprint density at radius 2 is 2.15 bits per heavy atom. The average molecular weight is 364 g/mol. The van der Waals surface area contributed by atoms with E-state index in [-0.39, 0.29) is 18.4 Å². The maximum absolute atomic E-state index is 12.6. The zero-order chi connectivity index (χ0) is 18.7. The van der Waals surface area contributed by atoms with Gasteiger partial charge in [-0.2, -0.15) is 0 Å². The Kier molecular flexibility index (Phi) is 5.62. The Hall–Kier alpha value is -1.93. The molecule has 0 saturated carbocycles. The number of aromatic nitrogens is 2. The molecule has 3 heterocycles. The van der Waals surface area contributed by atoms with Gasteiger partial charge in [0.1, 0.15) is 18.0 Å². The van der Waals surface area contributed by atoms with E-state index in [2.05, 4.69) is 24.1 Å². The van der Waals surface area contributed by atoms with Crippen LogP contribution in [0.1, 0.15) is 32.5 Å². The van der Waals surface area contributed by atoms with E-state index in [9.17, 15) is 9.59 Å². The molecule has 1 fully saturated rings. The summed E-state index contributed by atoms with van der Waals surface area (Å²) in [4.78, 5) is 30.9. The van der Waals surface area contributed by atoms with Crippen LogP contribution >= 0.6 is 0 Å². The Labute approximate surface area is 153 Å². The van der Waals surface area contributed by atoms with Crippen LogP contribution in [-0.4, -0.2) is 65.7 Å². The molecule has 26 heavy (non-hydrogen) atoms. The minimum absolute atomic E-state index is 0.0206. The standard InChI is InChI=1S/C18H28N4O4/c1-13(2)10-20-16(24)14-11-22-9-6-19-17(22)18(26-14)4-7-21(8-5-18)15(23)12-25-3/h6,9,13-14H,4-5,7-8,10-12H2,1-3H3,(H,20,24). The third-order valence-electron chi connectivity index (χ3n) is 5.02. The highest BCUT2D eigenvalue weighted by Gasteiger charge is 2.47. The quantitative estimate of drug-likeness (QED) is 0.823. The van der Waals surface area contributed by atoms with Gasteiger partial charge >= 0.3 is 0 Å². The molecule has 8 nitrogen and oxygen atoms in total. The molecule has 144 valence electrons. The predicted octanol–water partition coefficient (Wildman–Crippen LogP) is 0.518. The number of carbonyl (C=O) groups is 2. The van der Waals surface area contributed by atoms with Gasteiger partial charge in [-0.25, -0.2) is 4.98 Å². The van der Waals surface area contributed by atoms with Crippen molar-refractivity contribution in [2.75, 3.05) is 33.4 Å². The molecule has 0 radical (unpaired) electrons. The van der Waals surface area contributed by atoms with Crippen LogP contribution in [0.2, 0.25) is 0 Å². The van der Waals surface area contributed by atoms with Crippen molar-refractivity contribution < 1.29 is 19.1 Å². The molecule has 2 aliphatic rings. The van der Waals surface area contributed by atoms with Crippen molar-refractivity contribution in [1.29, 1.82) is 0 Å². The minimum atomic E-state index is -0.620. The highest BCUT2D eigenvalue weighted by atomic mass is 16.5. The lowest BCUT2D eigenvalue weighted by Crippen LogP contribution is -2.55. The number of nitrogens with one attached hydrogen (secondary N) is 1. The summed E-state index contributed by atoms with van der Waals surface area (Å²) in [6, 6.07) is 0. The number of hydrogen-bond acceptors (Lipinski definition) is 5. The summed E-state index contributed by atoms with van der Waals surface area (Å²) in [6.45, 7) is 6.43. The van der Waals surface area contributed by atoms with Gasteiger partial charge in [-0.3, -0.25) is 9.59 Å². The maximum Gasteiger partial charge on any atom is 0.251 e. The number of amides is 2. The van der Waals surface area contributed by atoms with Crippen LogP contribution in [-0.2, 0) is 31.2 Å². The Morgan fingerprint density at radius 3 is 2.81 bits per heavy atom. The number of likely N-dealkylation sites (tertiary alicyclic amines) is 1. The first-order chi connectivity index (χ1) is 12.4. The molecule has 1 unspecified atom stereocenters. The molecule has 0 aliphatic carbocycles. The fourth-order valence-corrected chi connectivity index (χ4v) is 3.63. The first-order valence-corrected chi connectivity index (χ1v) is 9.19. The largest absolute Gasteiger partial charge is 0.375 e. The van der Waals surface area contributed by atoms with Crippen molar-refractivity contribution in [2.24, 2.45) is 5.92 Å². The van der Waals surface area contributed by atoms with E-state index < -0.39 is 11.7 Å². The van der Waals surface area contributed by atoms with Crippen molar-refractivity contribution >= 4 is 11.8 Å². The summed E-state index contributed by atoms with van der Waals surface area (Å²) in [5, 5.41) is 2.96. The first kappa shape index (κ1) is 18.8.